The SMILES string of the molecule is CCCCc1nnc(NC(=O)N2CCC=C(C)C2)s1. The van der Waals surface area contributed by atoms with E-state index in [-0.39, 0.29) is 6.03 Å². The lowest BCUT2D eigenvalue weighted by Crippen LogP contribution is -2.38. The predicted molar refractivity (Wildman–Crippen MR) is 77.5 cm³/mol. The summed E-state index contributed by atoms with van der Waals surface area (Å²) in [6.45, 7) is 5.67. The highest BCUT2D eigenvalue weighted by Crippen LogP contribution is 2.18. The molecular formula is C13H20N4OS. The van der Waals surface area contributed by atoms with E-state index in [9.17, 15) is 4.79 Å². The number of aromatic nitrogens is 2. The fraction of sp³-hybridized carbons (Fsp3) is 0.615. The first-order valence-electron chi connectivity index (χ1n) is 6.73. The lowest BCUT2D eigenvalue weighted by Gasteiger charge is -2.25. The summed E-state index contributed by atoms with van der Waals surface area (Å²) in [5.41, 5.74) is 1.24. The van der Waals surface area contributed by atoms with Crippen LogP contribution in [0.5, 0.6) is 0 Å². The Morgan fingerprint density at radius 2 is 2.37 bits per heavy atom. The third kappa shape index (κ3) is 4.02. The number of carbonyl (C=O) groups is 1. The van der Waals surface area contributed by atoms with Gasteiger partial charge in [0.05, 0.1) is 0 Å². The summed E-state index contributed by atoms with van der Waals surface area (Å²) in [7, 11) is 0. The highest BCUT2D eigenvalue weighted by atomic mass is 32.1. The fourth-order valence-corrected chi connectivity index (χ4v) is 2.76. The summed E-state index contributed by atoms with van der Waals surface area (Å²) in [5.74, 6) is 0. The summed E-state index contributed by atoms with van der Waals surface area (Å²) in [4.78, 5) is 13.9. The van der Waals surface area contributed by atoms with Crippen molar-refractivity contribution in [3.05, 3.63) is 16.7 Å². The maximum absolute atomic E-state index is 12.1. The van der Waals surface area contributed by atoms with Gasteiger partial charge in [-0.15, -0.1) is 10.2 Å². The van der Waals surface area contributed by atoms with Crippen LogP contribution >= 0.6 is 11.3 Å². The second-order valence-corrected chi connectivity index (χ2v) is 5.86. The average Bonchev–Trinajstić information content (AvgIpc) is 2.84. The third-order valence-electron chi connectivity index (χ3n) is 3.04. The molecule has 0 bridgehead atoms. The van der Waals surface area contributed by atoms with Gasteiger partial charge in [-0.2, -0.15) is 0 Å². The Morgan fingerprint density at radius 3 is 3.11 bits per heavy atom. The van der Waals surface area contributed by atoms with Crippen LogP contribution in [0.2, 0.25) is 0 Å². The summed E-state index contributed by atoms with van der Waals surface area (Å²) >= 11 is 1.47. The molecule has 0 saturated carbocycles. The lowest BCUT2D eigenvalue weighted by molar-refractivity contribution is 0.215. The predicted octanol–water partition coefficient (Wildman–Crippen LogP) is 3.06. The number of carbonyl (C=O) groups excluding carboxylic acids is 1. The number of anilines is 1. The van der Waals surface area contributed by atoms with Gasteiger partial charge in [0.15, 0.2) is 0 Å². The number of hydrogen-bond acceptors (Lipinski definition) is 4. The number of aryl methyl sites for hydroxylation is 1. The van der Waals surface area contributed by atoms with Gasteiger partial charge >= 0.3 is 6.03 Å². The van der Waals surface area contributed by atoms with Crippen molar-refractivity contribution in [1.82, 2.24) is 15.1 Å². The largest absolute Gasteiger partial charge is 0.323 e. The maximum atomic E-state index is 12.1. The lowest BCUT2D eigenvalue weighted by atomic mass is 10.1. The zero-order valence-electron chi connectivity index (χ0n) is 11.5. The molecule has 2 heterocycles. The quantitative estimate of drug-likeness (QED) is 0.862. The number of nitrogens with zero attached hydrogens (tertiary/aromatic N) is 3. The Labute approximate surface area is 117 Å². The number of hydrogen-bond donors (Lipinski definition) is 1. The molecule has 19 heavy (non-hydrogen) atoms. The van der Waals surface area contributed by atoms with Crippen LogP contribution in [0.15, 0.2) is 11.6 Å². The van der Waals surface area contributed by atoms with Crippen molar-refractivity contribution in [2.45, 2.75) is 39.5 Å². The van der Waals surface area contributed by atoms with E-state index in [4.69, 9.17) is 0 Å². The Bertz CT molecular complexity index is 469. The summed E-state index contributed by atoms with van der Waals surface area (Å²) in [5, 5.41) is 12.5. The minimum absolute atomic E-state index is 0.0781. The van der Waals surface area contributed by atoms with Crippen LogP contribution in [-0.4, -0.2) is 34.2 Å². The van der Waals surface area contributed by atoms with Crippen molar-refractivity contribution in [2.24, 2.45) is 0 Å². The molecule has 6 heteroatoms. The molecule has 0 aromatic carbocycles. The molecule has 2 rings (SSSR count). The Balaban J connectivity index is 1.88. The molecule has 0 aliphatic carbocycles. The normalized spacial score (nSPS) is 15.3. The van der Waals surface area contributed by atoms with Crippen LogP contribution in [0.3, 0.4) is 0 Å². The number of unbranched alkanes of at least 4 members (excludes halogenated alkanes) is 1. The van der Waals surface area contributed by atoms with Gasteiger partial charge in [0.2, 0.25) is 5.13 Å². The van der Waals surface area contributed by atoms with E-state index < -0.39 is 0 Å². The average molecular weight is 280 g/mol. The van der Waals surface area contributed by atoms with Gasteiger partial charge in [-0.05, 0) is 19.8 Å². The van der Waals surface area contributed by atoms with E-state index in [1.165, 1.54) is 16.9 Å². The fourth-order valence-electron chi connectivity index (χ4n) is 1.99. The molecule has 1 aromatic rings. The van der Waals surface area contributed by atoms with Crippen molar-refractivity contribution in [1.29, 1.82) is 0 Å². The van der Waals surface area contributed by atoms with Gasteiger partial charge in [-0.3, -0.25) is 5.32 Å². The van der Waals surface area contributed by atoms with Gasteiger partial charge in [0.1, 0.15) is 5.01 Å². The van der Waals surface area contributed by atoms with E-state index in [0.29, 0.717) is 11.7 Å². The van der Waals surface area contributed by atoms with Crippen LogP contribution in [0.1, 0.15) is 38.1 Å². The van der Waals surface area contributed by atoms with Gasteiger partial charge < -0.3 is 4.90 Å². The number of rotatable bonds is 4. The summed E-state index contributed by atoms with van der Waals surface area (Å²) in [6.07, 6.45) is 6.30. The van der Waals surface area contributed by atoms with Crippen LogP contribution in [0.4, 0.5) is 9.93 Å². The summed E-state index contributed by atoms with van der Waals surface area (Å²) in [6, 6.07) is -0.0781. The van der Waals surface area contributed by atoms with Gasteiger partial charge in [-0.25, -0.2) is 4.79 Å². The van der Waals surface area contributed by atoms with Gasteiger partial charge in [0.25, 0.3) is 0 Å². The molecule has 1 N–H and O–H groups in total. The van der Waals surface area contributed by atoms with Crippen LogP contribution in [0, 0.1) is 0 Å². The Hall–Kier alpha value is -1.43. The molecule has 0 fully saturated rings. The van der Waals surface area contributed by atoms with E-state index in [1.807, 2.05) is 11.8 Å². The molecular weight excluding hydrogens is 260 g/mol. The Morgan fingerprint density at radius 1 is 1.53 bits per heavy atom. The van der Waals surface area contributed by atoms with Gasteiger partial charge in [0, 0.05) is 19.5 Å². The first-order chi connectivity index (χ1) is 9.19. The first kappa shape index (κ1) is 14.0. The van der Waals surface area contributed by atoms with Crippen LogP contribution in [0.25, 0.3) is 0 Å². The minimum Gasteiger partial charge on any atom is -0.320 e. The molecule has 0 atom stereocenters. The third-order valence-corrected chi connectivity index (χ3v) is 3.94. The second-order valence-electron chi connectivity index (χ2n) is 4.80. The molecule has 2 amide bonds. The molecule has 1 aromatic heterocycles. The smallest absolute Gasteiger partial charge is 0.320 e. The standard InChI is InChI=1S/C13H20N4OS/c1-3-4-7-11-15-16-12(19-11)14-13(18)17-8-5-6-10(2)9-17/h6H,3-5,7-9H2,1-2H3,(H,14,16,18). The van der Waals surface area contributed by atoms with Crippen LogP contribution < -0.4 is 5.32 Å². The van der Waals surface area contributed by atoms with E-state index in [2.05, 4.69) is 28.5 Å². The highest BCUT2D eigenvalue weighted by molar-refractivity contribution is 7.15. The molecule has 1 aliphatic heterocycles. The van der Waals surface area contributed by atoms with Gasteiger partial charge in [-0.1, -0.05) is 36.3 Å². The zero-order valence-corrected chi connectivity index (χ0v) is 12.3. The van der Waals surface area contributed by atoms with E-state index in [0.717, 1.165) is 37.2 Å². The molecule has 104 valence electrons. The van der Waals surface area contributed by atoms with Crippen LogP contribution in [-0.2, 0) is 6.42 Å². The molecule has 0 saturated heterocycles. The topological polar surface area (TPSA) is 58.1 Å². The molecule has 0 spiro atoms. The van der Waals surface area contributed by atoms with E-state index in [1.54, 1.807) is 0 Å². The molecule has 0 unspecified atom stereocenters. The van der Waals surface area contributed by atoms with Crippen molar-refractivity contribution >= 4 is 22.5 Å². The molecule has 0 radical (unpaired) electrons. The van der Waals surface area contributed by atoms with E-state index >= 15 is 0 Å². The molecule has 1 aliphatic rings. The minimum atomic E-state index is -0.0781. The first-order valence-corrected chi connectivity index (χ1v) is 7.54. The highest BCUT2D eigenvalue weighted by Gasteiger charge is 2.17. The monoisotopic (exact) mass is 280 g/mol. The summed E-state index contributed by atoms with van der Waals surface area (Å²) < 4.78 is 0. The number of amides is 2. The number of urea groups is 1. The zero-order chi connectivity index (χ0) is 13.7. The van der Waals surface area contributed by atoms with Crippen molar-refractivity contribution < 1.29 is 4.79 Å². The number of nitrogens with one attached hydrogen (secondary N) is 1. The maximum Gasteiger partial charge on any atom is 0.323 e. The van der Waals surface area contributed by atoms with Crippen molar-refractivity contribution in [3.63, 3.8) is 0 Å². The van der Waals surface area contributed by atoms with Crippen molar-refractivity contribution in [3.8, 4) is 0 Å². The second kappa shape index (κ2) is 6.65. The van der Waals surface area contributed by atoms with Crippen molar-refractivity contribution in [2.75, 3.05) is 18.4 Å². The molecule has 5 nitrogen and oxygen atoms in total. The Kier molecular flexibility index (Phi) is 4.90.